The van der Waals surface area contributed by atoms with Crippen LogP contribution in [-0.4, -0.2) is 10.6 Å². The molecule has 0 aliphatic rings. The highest BCUT2D eigenvalue weighted by atomic mass is 35.5. The summed E-state index contributed by atoms with van der Waals surface area (Å²) in [5.41, 5.74) is 2.03. The van der Waals surface area contributed by atoms with Gasteiger partial charge >= 0.3 is 0 Å². The molecule has 0 aliphatic carbocycles. The first kappa shape index (κ1) is 9.97. The third-order valence-corrected chi connectivity index (χ3v) is 2.63. The molecule has 4 heteroatoms. The van der Waals surface area contributed by atoms with Crippen molar-refractivity contribution in [3.63, 3.8) is 0 Å². The monoisotopic (exact) mass is 220 g/mol. The molecule has 0 spiro atoms. The second kappa shape index (κ2) is 3.89. The number of fused-ring (bicyclic) bond motifs is 1. The minimum absolute atomic E-state index is 0.352. The van der Waals surface area contributed by atoms with Crippen molar-refractivity contribution < 1.29 is 4.79 Å². The maximum Gasteiger partial charge on any atom is 0.235 e. The highest BCUT2D eigenvalue weighted by molar-refractivity contribution is 6.35. The van der Waals surface area contributed by atoms with Gasteiger partial charge in [0, 0.05) is 24.1 Å². The lowest BCUT2D eigenvalue weighted by Crippen LogP contribution is -1.85. The Bertz CT molecular complexity index is 553. The summed E-state index contributed by atoms with van der Waals surface area (Å²) in [6, 6.07) is 5.84. The fourth-order valence-corrected chi connectivity index (χ4v) is 1.91. The maximum atomic E-state index is 9.99. The van der Waals surface area contributed by atoms with Gasteiger partial charge in [-0.1, -0.05) is 17.7 Å². The Hall–Kier alpha value is -1.57. The van der Waals surface area contributed by atoms with Crippen LogP contribution in [0.4, 0.5) is 0 Å². The number of isocyanates is 1. The second-order valence-corrected chi connectivity index (χ2v) is 3.75. The molecule has 0 unspecified atom stereocenters. The average Bonchev–Trinajstić information content (AvgIpc) is 2.52. The molecular formula is C11H9ClN2O. The smallest absolute Gasteiger partial charge is 0.235 e. The molecule has 1 aromatic carbocycles. The van der Waals surface area contributed by atoms with E-state index < -0.39 is 0 Å². The van der Waals surface area contributed by atoms with Crippen LogP contribution in [0.1, 0.15) is 5.56 Å². The van der Waals surface area contributed by atoms with E-state index in [4.69, 9.17) is 11.6 Å². The van der Waals surface area contributed by atoms with Gasteiger partial charge < -0.3 is 4.57 Å². The van der Waals surface area contributed by atoms with Gasteiger partial charge in [0.15, 0.2) is 0 Å². The van der Waals surface area contributed by atoms with Crippen molar-refractivity contribution in [2.24, 2.45) is 12.0 Å². The van der Waals surface area contributed by atoms with E-state index in [0.717, 1.165) is 16.5 Å². The zero-order chi connectivity index (χ0) is 10.8. The standard InChI is InChI=1S/C11H9ClN2O/c1-14-6-10(12)9-4-8(5-13-7-15)2-3-11(9)14/h2-4,6H,5H2,1H3. The molecule has 0 amide bonds. The number of hydrogen-bond donors (Lipinski definition) is 0. The number of carbonyl (C=O) groups excluding carboxylic acids is 1. The molecule has 0 radical (unpaired) electrons. The lowest BCUT2D eigenvalue weighted by Gasteiger charge is -1.98. The van der Waals surface area contributed by atoms with Crippen molar-refractivity contribution in [1.29, 1.82) is 0 Å². The van der Waals surface area contributed by atoms with Gasteiger partial charge in [0.1, 0.15) is 0 Å². The van der Waals surface area contributed by atoms with Crippen LogP contribution in [0.15, 0.2) is 29.4 Å². The van der Waals surface area contributed by atoms with Crippen molar-refractivity contribution in [3.05, 3.63) is 35.0 Å². The van der Waals surface area contributed by atoms with Crippen LogP contribution in [-0.2, 0) is 18.4 Å². The summed E-state index contributed by atoms with van der Waals surface area (Å²) >= 11 is 6.06. The van der Waals surface area contributed by atoms with Gasteiger partial charge in [-0.15, -0.1) is 0 Å². The summed E-state index contributed by atoms with van der Waals surface area (Å²) < 4.78 is 1.96. The zero-order valence-electron chi connectivity index (χ0n) is 8.20. The van der Waals surface area contributed by atoms with Crippen LogP contribution in [0.2, 0.25) is 5.02 Å². The number of benzene rings is 1. The summed E-state index contributed by atoms with van der Waals surface area (Å²) in [5, 5.41) is 1.70. The van der Waals surface area contributed by atoms with Crippen LogP contribution < -0.4 is 0 Å². The summed E-state index contributed by atoms with van der Waals surface area (Å²) in [4.78, 5) is 13.5. The van der Waals surface area contributed by atoms with E-state index in [1.54, 1.807) is 0 Å². The largest absolute Gasteiger partial charge is 0.349 e. The Kier molecular flexibility index (Phi) is 2.58. The minimum Gasteiger partial charge on any atom is -0.349 e. The minimum atomic E-state index is 0.352. The molecule has 2 aromatic rings. The third-order valence-electron chi connectivity index (χ3n) is 2.33. The van der Waals surface area contributed by atoms with E-state index >= 15 is 0 Å². The number of nitrogens with zero attached hydrogens (tertiary/aromatic N) is 2. The summed E-state index contributed by atoms with van der Waals surface area (Å²) in [6.07, 6.45) is 3.38. The SMILES string of the molecule is Cn1cc(Cl)c2cc(CN=C=O)ccc21. The van der Waals surface area contributed by atoms with E-state index in [9.17, 15) is 4.79 Å². The Labute approximate surface area is 92.0 Å². The van der Waals surface area contributed by atoms with Crippen LogP contribution in [0.25, 0.3) is 10.9 Å². The zero-order valence-corrected chi connectivity index (χ0v) is 8.95. The van der Waals surface area contributed by atoms with E-state index in [1.165, 1.54) is 6.08 Å². The molecule has 1 heterocycles. The van der Waals surface area contributed by atoms with E-state index in [-0.39, 0.29) is 0 Å². The number of aromatic nitrogens is 1. The topological polar surface area (TPSA) is 34.4 Å². The second-order valence-electron chi connectivity index (χ2n) is 3.35. The van der Waals surface area contributed by atoms with Gasteiger partial charge in [-0.2, -0.15) is 0 Å². The first-order valence-electron chi connectivity index (χ1n) is 4.49. The molecule has 0 N–H and O–H groups in total. The number of aliphatic imine (C=N–C) groups is 1. The molecule has 15 heavy (non-hydrogen) atoms. The molecule has 76 valence electrons. The van der Waals surface area contributed by atoms with Gasteiger partial charge in [-0.05, 0) is 17.7 Å². The molecule has 1 aromatic heterocycles. The summed E-state index contributed by atoms with van der Waals surface area (Å²) in [6.45, 7) is 0.352. The van der Waals surface area contributed by atoms with Crippen molar-refractivity contribution in [3.8, 4) is 0 Å². The van der Waals surface area contributed by atoms with Crippen LogP contribution >= 0.6 is 11.6 Å². The first-order valence-corrected chi connectivity index (χ1v) is 4.87. The van der Waals surface area contributed by atoms with Gasteiger partial charge in [-0.25, -0.2) is 9.79 Å². The Morgan fingerprint density at radius 2 is 2.33 bits per heavy atom. The molecule has 0 atom stereocenters. The third kappa shape index (κ3) is 1.80. The van der Waals surface area contributed by atoms with Crippen molar-refractivity contribution in [2.75, 3.05) is 0 Å². The molecule has 0 bridgehead atoms. The van der Waals surface area contributed by atoms with E-state index in [1.807, 2.05) is 36.0 Å². The molecule has 0 saturated heterocycles. The molecule has 3 nitrogen and oxygen atoms in total. The maximum absolute atomic E-state index is 9.99. The van der Waals surface area contributed by atoms with Crippen molar-refractivity contribution in [2.45, 2.75) is 6.54 Å². The van der Waals surface area contributed by atoms with Crippen LogP contribution in [0, 0.1) is 0 Å². The Morgan fingerprint density at radius 3 is 3.07 bits per heavy atom. The van der Waals surface area contributed by atoms with Crippen LogP contribution in [0.5, 0.6) is 0 Å². The molecule has 0 fully saturated rings. The number of halogens is 1. The number of aryl methyl sites for hydroxylation is 1. The number of hydrogen-bond acceptors (Lipinski definition) is 2. The fourth-order valence-electron chi connectivity index (χ4n) is 1.61. The van der Waals surface area contributed by atoms with Gasteiger partial charge in [0.05, 0.1) is 11.6 Å². The van der Waals surface area contributed by atoms with Crippen molar-refractivity contribution >= 4 is 28.6 Å². The van der Waals surface area contributed by atoms with Crippen LogP contribution in [0.3, 0.4) is 0 Å². The Morgan fingerprint density at radius 1 is 1.53 bits per heavy atom. The van der Waals surface area contributed by atoms with Gasteiger partial charge in [0.25, 0.3) is 0 Å². The molecule has 0 aliphatic heterocycles. The summed E-state index contributed by atoms with van der Waals surface area (Å²) in [5.74, 6) is 0. The number of rotatable bonds is 2. The van der Waals surface area contributed by atoms with E-state index in [2.05, 4.69) is 4.99 Å². The quantitative estimate of drug-likeness (QED) is 0.566. The lowest BCUT2D eigenvalue weighted by atomic mass is 10.1. The molecule has 2 rings (SSSR count). The normalized spacial score (nSPS) is 10.3. The molecular weight excluding hydrogens is 212 g/mol. The fraction of sp³-hybridized carbons (Fsp3) is 0.182. The highest BCUT2D eigenvalue weighted by Gasteiger charge is 2.04. The predicted molar refractivity (Wildman–Crippen MR) is 59.8 cm³/mol. The van der Waals surface area contributed by atoms with Gasteiger partial charge in [0.2, 0.25) is 6.08 Å². The summed E-state index contributed by atoms with van der Waals surface area (Å²) in [7, 11) is 1.94. The lowest BCUT2D eigenvalue weighted by molar-refractivity contribution is 0.563. The van der Waals surface area contributed by atoms with E-state index in [0.29, 0.717) is 11.6 Å². The average molecular weight is 221 g/mol. The Balaban J connectivity index is 2.54. The van der Waals surface area contributed by atoms with Crippen molar-refractivity contribution in [1.82, 2.24) is 4.57 Å². The predicted octanol–water partition coefficient (Wildman–Crippen LogP) is 2.67. The van der Waals surface area contributed by atoms with Gasteiger partial charge in [-0.3, -0.25) is 0 Å². The first-order chi connectivity index (χ1) is 7.22. The molecule has 0 saturated carbocycles. The highest BCUT2D eigenvalue weighted by Crippen LogP contribution is 2.26.